The van der Waals surface area contributed by atoms with Crippen molar-refractivity contribution in [3.63, 3.8) is 0 Å². The Labute approximate surface area is 165 Å². The van der Waals surface area contributed by atoms with Crippen molar-refractivity contribution in [2.45, 2.75) is 57.8 Å². The monoisotopic (exact) mass is 392 g/mol. The highest BCUT2D eigenvalue weighted by atomic mass is 35.5. The molecule has 0 radical (unpaired) electrons. The molecule has 0 amide bonds. The average Bonchev–Trinajstić information content (AvgIpc) is 2.89. The number of nitrogens with zero attached hydrogens (tertiary/aromatic N) is 1. The third-order valence-electron chi connectivity index (χ3n) is 5.59. The molecule has 1 aliphatic carbocycles. The van der Waals surface area contributed by atoms with Crippen LogP contribution < -0.4 is 5.43 Å². The van der Waals surface area contributed by atoms with Gasteiger partial charge in [-0.2, -0.15) is 0 Å². The van der Waals surface area contributed by atoms with E-state index in [0.29, 0.717) is 36.6 Å². The van der Waals surface area contributed by atoms with Gasteiger partial charge in [0, 0.05) is 17.1 Å². The number of carbonyl (C=O) groups excluding carboxylic acids is 1. The zero-order chi connectivity index (χ0) is 19.8. The highest BCUT2D eigenvalue weighted by molar-refractivity contribution is 6.31. The van der Waals surface area contributed by atoms with Crippen LogP contribution in [0.5, 0.6) is 0 Å². The lowest BCUT2D eigenvalue weighted by Gasteiger charge is -2.34. The zero-order valence-electron chi connectivity index (χ0n) is 16.1. The third-order valence-corrected chi connectivity index (χ3v) is 5.96. The maximum absolute atomic E-state index is 15.4. The van der Waals surface area contributed by atoms with E-state index in [2.05, 4.69) is 12.0 Å². The lowest BCUT2D eigenvalue weighted by molar-refractivity contribution is -0.149. The number of allylic oxidation sites excluding steroid dienone is 2. The second-order valence-corrected chi connectivity index (χ2v) is 7.89. The average molecular weight is 393 g/mol. The molecule has 146 valence electrons. The Morgan fingerprint density at radius 2 is 2.15 bits per heavy atom. The molecule has 1 aromatic rings. The number of hydrogen-bond acceptors (Lipinski definition) is 4. The molecule has 0 saturated carbocycles. The maximum Gasteiger partial charge on any atom is 0.332 e. The summed E-state index contributed by atoms with van der Waals surface area (Å²) >= 11 is 6.32. The number of rotatable bonds is 5. The Balaban J connectivity index is 1.99. The summed E-state index contributed by atoms with van der Waals surface area (Å²) in [4.78, 5) is 12.7. The third kappa shape index (κ3) is 3.50. The molecule has 0 bridgehead atoms. The maximum atomic E-state index is 15.4. The molecule has 27 heavy (non-hydrogen) atoms. The minimum atomic E-state index is -1.47. The SMILES string of the molecule is C=C(C)C1(F)CCC2=C(C1)N(Cc1ccccc1Cl)NC2(C)C(=O)OCC. The number of esters is 1. The summed E-state index contributed by atoms with van der Waals surface area (Å²) in [7, 11) is 0. The van der Waals surface area contributed by atoms with Crippen LogP contribution in [0, 0.1) is 0 Å². The Hall–Kier alpha value is -1.85. The minimum absolute atomic E-state index is 0.185. The van der Waals surface area contributed by atoms with Crippen LogP contribution in [0.15, 0.2) is 47.7 Å². The van der Waals surface area contributed by atoms with E-state index in [1.165, 1.54) is 0 Å². The Morgan fingerprint density at radius 1 is 1.44 bits per heavy atom. The second-order valence-electron chi connectivity index (χ2n) is 7.48. The van der Waals surface area contributed by atoms with E-state index >= 15 is 4.39 Å². The van der Waals surface area contributed by atoms with Crippen molar-refractivity contribution in [3.05, 3.63) is 58.3 Å². The van der Waals surface area contributed by atoms with Crippen molar-refractivity contribution in [1.29, 1.82) is 0 Å². The van der Waals surface area contributed by atoms with Crippen molar-refractivity contribution in [2.75, 3.05) is 6.61 Å². The first-order chi connectivity index (χ1) is 12.7. The predicted molar refractivity (Wildman–Crippen MR) is 105 cm³/mol. The molecule has 3 rings (SSSR count). The van der Waals surface area contributed by atoms with Gasteiger partial charge < -0.3 is 9.75 Å². The Bertz CT molecular complexity index is 809. The number of hydrazine groups is 1. The molecule has 1 heterocycles. The van der Waals surface area contributed by atoms with Gasteiger partial charge in [0.05, 0.1) is 13.2 Å². The molecule has 2 aliphatic rings. The van der Waals surface area contributed by atoms with Crippen LogP contribution in [0.4, 0.5) is 4.39 Å². The number of ether oxygens (including phenoxy) is 1. The van der Waals surface area contributed by atoms with E-state index < -0.39 is 11.2 Å². The standard InChI is InChI=1S/C21H26ClFN2O2/c1-5-27-19(26)20(4)16-10-11-21(23,14(2)3)12-18(16)25(24-20)13-15-8-6-7-9-17(15)22/h6-9,24H,2,5,10-13H2,1,3-4H3. The Morgan fingerprint density at radius 3 is 2.78 bits per heavy atom. The molecule has 1 aromatic carbocycles. The number of carbonyl (C=O) groups is 1. The van der Waals surface area contributed by atoms with E-state index in [-0.39, 0.29) is 12.4 Å². The first-order valence-electron chi connectivity index (χ1n) is 9.24. The van der Waals surface area contributed by atoms with Crippen LogP contribution in [0.1, 0.15) is 45.6 Å². The quantitative estimate of drug-likeness (QED) is 0.582. The van der Waals surface area contributed by atoms with E-state index in [1.54, 1.807) is 20.8 Å². The molecule has 1 N–H and O–H groups in total. The molecule has 6 heteroatoms. The fourth-order valence-electron chi connectivity index (χ4n) is 3.87. The van der Waals surface area contributed by atoms with Crippen molar-refractivity contribution in [1.82, 2.24) is 10.4 Å². The van der Waals surface area contributed by atoms with Crippen LogP contribution in [0.2, 0.25) is 5.02 Å². The molecule has 0 spiro atoms. The van der Waals surface area contributed by atoms with Gasteiger partial charge in [-0.1, -0.05) is 36.4 Å². The van der Waals surface area contributed by atoms with Crippen molar-refractivity contribution in [3.8, 4) is 0 Å². The van der Waals surface area contributed by atoms with Crippen molar-refractivity contribution >= 4 is 17.6 Å². The molecule has 2 atom stereocenters. The second kappa shape index (κ2) is 7.28. The van der Waals surface area contributed by atoms with E-state index in [9.17, 15) is 4.79 Å². The topological polar surface area (TPSA) is 41.6 Å². The van der Waals surface area contributed by atoms with Gasteiger partial charge in [0.1, 0.15) is 5.67 Å². The lowest BCUT2D eigenvalue weighted by Crippen LogP contribution is -2.52. The summed E-state index contributed by atoms with van der Waals surface area (Å²) in [5, 5.41) is 2.48. The Kier molecular flexibility index (Phi) is 5.37. The van der Waals surface area contributed by atoms with E-state index in [1.807, 2.05) is 29.3 Å². The van der Waals surface area contributed by atoms with Gasteiger partial charge in [-0.15, -0.1) is 0 Å². The summed E-state index contributed by atoms with van der Waals surface area (Å²) in [6, 6.07) is 7.52. The van der Waals surface area contributed by atoms with E-state index in [0.717, 1.165) is 16.8 Å². The van der Waals surface area contributed by atoms with Crippen LogP contribution >= 0.6 is 11.6 Å². The van der Waals surface area contributed by atoms with Crippen LogP contribution in [-0.4, -0.2) is 28.8 Å². The van der Waals surface area contributed by atoms with Gasteiger partial charge >= 0.3 is 5.97 Å². The van der Waals surface area contributed by atoms with Gasteiger partial charge in [-0.05, 0) is 56.4 Å². The summed E-state index contributed by atoms with van der Waals surface area (Å²) in [6.45, 7) is 9.87. The van der Waals surface area contributed by atoms with Crippen LogP contribution in [0.3, 0.4) is 0 Å². The number of hydrogen-bond donors (Lipinski definition) is 1. The van der Waals surface area contributed by atoms with Gasteiger partial charge in [0.25, 0.3) is 0 Å². The fourth-order valence-corrected chi connectivity index (χ4v) is 4.07. The highest BCUT2D eigenvalue weighted by Gasteiger charge is 2.52. The van der Waals surface area contributed by atoms with E-state index in [4.69, 9.17) is 16.3 Å². The smallest absolute Gasteiger partial charge is 0.332 e. The summed E-state index contributed by atoms with van der Waals surface area (Å²) in [5.74, 6) is -0.346. The number of halogens is 2. The van der Waals surface area contributed by atoms with Crippen LogP contribution in [-0.2, 0) is 16.1 Å². The fraction of sp³-hybridized carbons (Fsp3) is 0.476. The van der Waals surface area contributed by atoms with Gasteiger partial charge in [0.15, 0.2) is 5.54 Å². The molecule has 1 aliphatic heterocycles. The largest absolute Gasteiger partial charge is 0.464 e. The lowest BCUT2D eigenvalue weighted by atomic mass is 9.76. The molecule has 0 saturated heterocycles. The zero-order valence-corrected chi connectivity index (χ0v) is 16.8. The minimum Gasteiger partial charge on any atom is -0.464 e. The first kappa shape index (κ1) is 19.9. The molecule has 0 aromatic heterocycles. The van der Waals surface area contributed by atoms with Crippen molar-refractivity contribution in [2.24, 2.45) is 0 Å². The van der Waals surface area contributed by atoms with Crippen LogP contribution in [0.25, 0.3) is 0 Å². The molecule has 0 fully saturated rings. The predicted octanol–water partition coefficient (Wildman–Crippen LogP) is 4.70. The van der Waals surface area contributed by atoms with Gasteiger partial charge in [-0.3, -0.25) is 0 Å². The molecule has 4 nitrogen and oxygen atoms in total. The summed E-state index contributed by atoms with van der Waals surface area (Å²) in [6.07, 6.45) is 0.974. The van der Waals surface area contributed by atoms with Gasteiger partial charge in [0.2, 0.25) is 0 Å². The molecular formula is C21H26ClFN2O2. The first-order valence-corrected chi connectivity index (χ1v) is 9.62. The summed E-state index contributed by atoms with van der Waals surface area (Å²) in [5.41, 5.74) is 3.90. The number of alkyl halides is 1. The highest BCUT2D eigenvalue weighted by Crippen LogP contribution is 2.47. The number of nitrogens with one attached hydrogen (secondary N) is 1. The molecular weight excluding hydrogens is 367 g/mol. The summed E-state index contributed by atoms with van der Waals surface area (Å²) < 4.78 is 20.7. The van der Waals surface area contributed by atoms with Gasteiger partial charge in [-0.25, -0.2) is 14.6 Å². The van der Waals surface area contributed by atoms with Crippen molar-refractivity contribution < 1.29 is 13.9 Å². The normalized spacial score (nSPS) is 27.5. The molecule has 2 unspecified atom stereocenters. The number of benzene rings is 1.